The normalized spacial score (nSPS) is 11.3. The van der Waals surface area contributed by atoms with E-state index in [0.29, 0.717) is 10.7 Å². The number of aromatic nitrogens is 4. The minimum Gasteiger partial charge on any atom is -0.286 e. The monoisotopic (exact) mass is 478 g/mol. The van der Waals surface area contributed by atoms with Gasteiger partial charge in [-0.15, -0.1) is 5.10 Å². The van der Waals surface area contributed by atoms with Crippen LogP contribution in [0.5, 0.6) is 0 Å². The molecule has 1 aromatic heterocycles. The van der Waals surface area contributed by atoms with Crippen molar-refractivity contribution in [2.45, 2.75) is 5.16 Å². The highest BCUT2D eigenvalue weighted by Gasteiger charge is 2.20. The molecular weight excluding hydrogens is 464 g/mol. The van der Waals surface area contributed by atoms with Crippen molar-refractivity contribution in [3.8, 4) is 5.69 Å². The predicted octanol–water partition coefficient (Wildman–Crippen LogP) is 4.83. The largest absolute Gasteiger partial charge is 0.286 e. The lowest BCUT2D eigenvalue weighted by Gasteiger charge is -2.08. The zero-order chi connectivity index (χ0) is 20.8. The van der Waals surface area contributed by atoms with Crippen molar-refractivity contribution < 1.29 is 4.79 Å². The summed E-state index contributed by atoms with van der Waals surface area (Å²) in [5.41, 5.74) is 5.01. The molecule has 0 amide bonds. The summed E-state index contributed by atoms with van der Waals surface area (Å²) in [6.07, 6.45) is 0. The van der Waals surface area contributed by atoms with Gasteiger partial charge in [0.1, 0.15) is 0 Å². The number of nitrogens with zero attached hydrogens (tertiary/aromatic N) is 5. The van der Waals surface area contributed by atoms with Gasteiger partial charge in [-0.05, 0) is 58.6 Å². The topological polar surface area (TPSA) is 85.1 Å². The number of rotatable bonds is 6. The summed E-state index contributed by atoms with van der Waals surface area (Å²) in [6, 6.07) is 25.9. The van der Waals surface area contributed by atoms with Crippen LogP contribution in [0.1, 0.15) is 10.4 Å². The van der Waals surface area contributed by atoms with E-state index in [0.717, 1.165) is 27.6 Å². The lowest BCUT2D eigenvalue weighted by atomic mass is 10.1. The zero-order valence-corrected chi connectivity index (χ0v) is 17.9. The van der Waals surface area contributed by atoms with Gasteiger partial charge in [-0.1, -0.05) is 64.5 Å². The molecule has 0 bridgehead atoms. The highest BCUT2D eigenvalue weighted by Crippen LogP contribution is 2.23. The molecule has 1 heterocycles. The van der Waals surface area contributed by atoms with E-state index in [1.54, 1.807) is 16.8 Å². The maximum absolute atomic E-state index is 13.1. The predicted molar refractivity (Wildman–Crippen MR) is 121 cm³/mol. The van der Waals surface area contributed by atoms with Gasteiger partial charge in [0.2, 0.25) is 10.9 Å². The molecule has 148 valence electrons. The minimum absolute atomic E-state index is 0.219. The fourth-order valence-electron chi connectivity index (χ4n) is 2.53. The fraction of sp³-hybridized carbons (Fsp3) is 0. The Hall–Kier alpha value is -3.30. The lowest BCUT2D eigenvalue weighted by molar-refractivity contribution is 0.106. The van der Waals surface area contributed by atoms with Crippen LogP contribution in [0.2, 0.25) is 0 Å². The Kier molecular flexibility index (Phi) is 6.31. The van der Waals surface area contributed by atoms with Crippen LogP contribution < -0.4 is 5.43 Å². The van der Waals surface area contributed by atoms with Crippen LogP contribution in [0.3, 0.4) is 0 Å². The third-order valence-corrected chi connectivity index (χ3v) is 5.43. The van der Waals surface area contributed by atoms with Gasteiger partial charge in [-0.3, -0.25) is 10.2 Å². The minimum atomic E-state index is -0.229. The summed E-state index contributed by atoms with van der Waals surface area (Å²) in [6.45, 7) is 0. The number of hydrogen-bond donors (Lipinski definition) is 1. The second-order valence-electron chi connectivity index (χ2n) is 6.04. The summed E-state index contributed by atoms with van der Waals surface area (Å²) < 4.78 is 2.52. The van der Waals surface area contributed by atoms with Crippen LogP contribution in [0.15, 0.2) is 99.7 Å². The number of halogens is 1. The average Bonchev–Trinajstić information content (AvgIpc) is 3.26. The van der Waals surface area contributed by atoms with Crippen molar-refractivity contribution in [1.29, 1.82) is 0 Å². The molecule has 30 heavy (non-hydrogen) atoms. The molecule has 0 saturated heterocycles. The number of Topliss-reactive ketones (excluding diaryl/α,β-unsaturated/α-hetero) is 1. The molecule has 0 saturated carbocycles. The second-order valence-corrected chi connectivity index (χ2v) is 7.91. The SMILES string of the molecule is O=C(/C(=N/Nc1ccc(Br)cc1)Sc1nnnn1-c1ccccc1)c1ccccc1. The summed E-state index contributed by atoms with van der Waals surface area (Å²) in [5.74, 6) is -0.229. The Morgan fingerprint density at radius 3 is 2.30 bits per heavy atom. The quantitative estimate of drug-likeness (QED) is 0.140. The van der Waals surface area contributed by atoms with E-state index in [4.69, 9.17) is 0 Å². The molecule has 0 aliphatic rings. The van der Waals surface area contributed by atoms with Crippen molar-refractivity contribution in [3.63, 3.8) is 0 Å². The molecule has 9 heteroatoms. The van der Waals surface area contributed by atoms with Crippen LogP contribution in [0.25, 0.3) is 5.69 Å². The lowest BCUT2D eigenvalue weighted by Crippen LogP contribution is -2.14. The summed E-state index contributed by atoms with van der Waals surface area (Å²) in [7, 11) is 0. The number of anilines is 1. The molecule has 0 atom stereocenters. The van der Waals surface area contributed by atoms with Gasteiger partial charge in [0.25, 0.3) is 0 Å². The number of ketones is 1. The molecule has 4 rings (SSSR count). The molecule has 0 radical (unpaired) electrons. The summed E-state index contributed by atoms with van der Waals surface area (Å²) in [4.78, 5) is 13.1. The molecular formula is C21H15BrN6OS. The Bertz CT molecular complexity index is 1160. The number of hydrogen-bond acceptors (Lipinski definition) is 7. The number of carbonyl (C=O) groups excluding carboxylic acids is 1. The molecule has 3 aromatic carbocycles. The summed E-state index contributed by atoms with van der Waals surface area (Å²) >= 11 is 4.50. The third-order valence-electron chi connectivity index (χ3n) is 3.99. The molecule has 0 aliphatic carbocycles. The van der Waals surface area contributed by atoms with Gasteiger partial charge >= 0.3 is 0 Å². The number of nitrogens with one attached hydrogen (secondary N) is 1. The van der Waals surface area contributed by atoms with Gasteiger partial charge in [-0.2, -0.15) is 9.78 Å². The zero-order valence-electron chi connectivity index (χ0n) is 15.5. The standard InChI is InChI=1S/C21H15BrN6OS/c22-16-11-13-17(14-12-16)23-24-20(19(29)15-7-3-1-4-8-15)30-21-25-26-27-28(21)18-9-5-2-6-10-18/h1-14,23H/b24-20-. The Balaban J connectivity index is 1.66. The highest BCUT2D eigenvalue weighted by atomic mass is 79.9. The first kappa shape index (κ1) is 20.0. The van der Waals surface area contributed by atoms with Crippen molar-refractivity contribution in [2.75, 3.05) is 5.43 Å². The van der Waals surface area contributed by atoms with E-state index in [1.165, 1.54) is 0 Å². The number of benzene rings is 3. The highest BCUT2D eigenvalue weighted by molar-refractivity contribution is 9.10. The molecule has 0 aliphatic heterocycles. The smallest absolute Gasteiger partial charge is 0.220 e. The van der Waals surface area contributed by atoms with E-state index in [-0.39, 0.29) is 10.8 Å². The van der Waals surface area contributed by atoms with Gasteiger partial charge in [0.05, 0.1) is 11.4 Å². The molecule has 4 aromatic rings. The number of hydrazone groups is 1. The van der Waals surface area contributed by atoms with Crippen LogP contribution in [0.4, 0.5) is 5.69 Å². The average molecular weight is 479 g/mol. The van der Waals surface area contributed by atoms with Crippen LogP contribution in [0, 0.1) is 0 Å². The van der Waals surface area contributed by atoms with Crippen molar-refractivity contribution in [1.82, 2.24) is 20.2 Å². The molecule has 1 N–H and O–H groups in total. The maximum Gasteiger partial charge on any atom is 0.220 e. The van der Waals surface area contributed by atoms with Crippen LogP contribution in [-0.4, -0.2) is 31.0 Å². The fourth-order valence-corrected chi connectivity index (χ4v) is 3.58. The van der Waals surface area contributed by atoms with Crippen molar-refractivity contribution >= 4 is 44.2 Å². The van der Waals surface area contributed by atoms with Crippen LogP contribution in [-0.2, 0) is 0 Å². The van der Waals surface area contributed by atoms with Gasteiger partial charge < -0.3 is 0 Å². The van der Waals surface area contributed by atoms with Gasteiger partial charge in [0, 0.05) is 10.0 Å². The van der Waals surface area contributed by atoms with Gasteiger partial charge in [0.15, 0.2) is 5.04 Å². The Morgan fingerprint density at radius 2 is 1.60 bits per heavy atom. The van der Waals surface area contributed by atoms with E-state index < -0.39 is 0 Å². The summed E-state index contributed by atoms with van der Waals surface area (Å²) in [5, 5.41) is 16.9. The Labute approximate surface area is 185 Å². The van der Waals surface area contributed by atoms with Gasteiger partial charge in [-0.25, -0.2) is 0 Å². The first-order chi connectivity index (χ1) is 14.7. The number of thioether (sulfide) groups is 1. The first-order valence-corrected chi connectivity index (χ1v) is 10.5. The number of para-hydroxylation sites is 1. The maximum atomic E-state index is 13.1. The molecule has 7 nitrogen and oxygen atoms in total. The molecule has 0 fully saturated rings. The van der Waals surface area contributed by atoms with Crippen LogP contribution >= 0.6 is 27.7 Å². The van der Waals surface area contributed by atoms with E-state index in [2.05, 4.69) is 42.0 Å². The Morgan fingerprint density at radius 1 is 0.933 bits per heavy atom. The molecule has 0 spiro atoms. The first-order valence-electron chi connectivity index (χ1n) is 8.91. The number of carbonyl (C=O) groups is 1. The molecule has 0 unspecified atom stereocenters. The van der Waals surface area contributed by atoms with Crippen molar-refractivity contribution in [2.24, 2.45) is 5.10 Å². The number of tetrazole rings is 1. The van der Waals surface area contributed by atoms with E-state index in [1.807, 2.05) is 72.8 Å². The van der Waals surface area contributed by atoms with E-state index >= 15 is 0 Å². The third kappa shape index (κ3) is 4.81. The van der Waals surface area contributed by atoms with E-state index in [9.17, 15) is 4.79 Å². The van der Waals surface area contributed by atoms with Crippen molar-refractivity contribution in [3.05, 3.63) is 95.0 Å². The second kappa shape index (κ2) is 9.47.